The van der Waals surface area contributed by atoms with E-state index in [4.69, 9.17) is 0 Å². The molecule has 3 fully saturated rings. The van der Waals surface area contributed by atoms with E-state index >= 15 is 0 Å². The van der Waals surface area contributed by atoms with Crippen LogP contribution in [0.15, 0.2) is 0 Å². The Labute approximate surface area is 149 Å². The normalized spacial score (nSPS) is 31.3. The molecule has 1 N–H and O–H groups in total. The van der Waals surface area contributed by atoms with Crippen LogP contribution in [0.2, 0.25) is 0 Å². The van der Waals surface area contributed by atoms with Crippen LogP contribution >= 0.6 is 24.8 Å². The smallest absolute Gasteiger partial charge is 0.251 e. The summed E-state index contributed by atoms with van der Waals surface area (Å²) in [7, 11) is 0. The molecule has 3 atom stereocenters. The van der Waals surface area contributed by atoms with Gasteiger partial charge in [-0.25, -0.2) is 8.78 Å². The van der Waals surface area contributed by atoms with E-state index in [1.54, 1.807) is 4.90 Å². The van der Waals surface area contributed by atoms with Crippen molar-refractivity contribution in [3.8, 4) is 0 Å². The molecule has 2 heterocycles. The summed E-state index contributed by atoms with van der Waals surface area (Å²) in [6.45, 7) is 2.12. The van der Waals surface area contributed by atoms with Crippen LogP contribution in [-0.4, -0.2) is 66.9 Å². The third kappa shape index (κ3) is 5.15. The van der Waals surface area contributed by atoms with Crippen molar-refractivity contribution in [3.63, 3.8) is 0 Å². The third-order valence-corrected chi connectivity index (χ3v) is 5.24. The van der Waals surface area contributed by atoms with Crippen LogP contribution in [0.1, 0.15) is 32.1 Å². The number of carbonyl (C=O) groups excluding carboxylic acids is 1. The zero-order chi connectivity index (χ0) is 14.8. The first-order valence-electron chi connectivity index (χ1n) is 8.19. The van der Waals surface area contributed by atoms with Crippen LogP contribution in [0.3, 0.4) is 0 Å². The highest BCUT2D eigenvalue weighted by Gasteiger charge is 2.40. The number of amides is 1. The van der Waals surface area contributed by atoms with E-state index in [0.29, 0.717) is 38.1 Å². The van der Waals surface area contributed by atoms with Crippen LogP contribution in [0.25, 0.3) is 0 Å². The molecule has 0 bridgehead atoms. The third-order valence-electron chi connectivity index (χ3n) is 5.24. The molecule has 4 nitrogen and oxygen atoms in total. The van der Waals surface area contributed by atoms with E-state index in [0.717, 1.165) is 6.42 Å². The summed E-state index contributed by atoms with van der Waals surface area (Å²) in [6.07, 6.45) is 3.66. The highest BCUT2D eigenvalue weighted by molar-refractivity contribution is 5.85. The predicted octanol–water partition coefficient (Wildman–Crippen LogP) is 2.16. The van der Waals surface area contributed by atoms with E-state index in [1.807, 2.05) is 4.90 Å². The van der Waals surface area contributed by atoms with Gasteiger partial charge in [0.25, 0.3) is 6.43 Å². The number of halogens is 4. The van der Waals surface area contributed by atoms with Gasteiger partial charge >= 0.3 is 0 Å². The summed E-state index contributed by atoms with van der Waals surface area (Å²) in [5, 5.41) is 3.51. The topological polar surface area (TPSA) is 35.6 Å². The summed E-state index contributed by atoms with van der Waals surface area (Å²) in [5.74, 6) is 0.842. The Hall–Kier alpha value is -0.170. The second-order valence-electron chi connectivity index (χ2n) is 6.62. The minimum atomic E-state index is -2.29. The number of hydrogen-bond donors (Lipinski definition) is 1. The number of piperazine rings is 1. The second kappa shape index (κ2) is 9.35. The van der Waals surface area contributed by atoms with Gasteiger partial charge in [-0.2, -0.15) is 0 Å². The first-order chi connectivity index (χ1) is 10.1. The predicted molar refractivity (Wildman–Crippen MR) is 90.8 cm³/mol. The Morgan fingerprint density at radius 2 is 1.74 bits per heavy atom. The maximum Gasteiger partial charge on any atom is 0.251 e. The highest BCUT2D eigenvalue weighted by atomic mass is 35.5. The molecule has 0 aromatic carbocycles. The van der Waals surface area contributed by atoms with Crippen LogP contribution < -0.4 is 5.32 Å². The molecule has 0 aromatic heterocycles. The Kier molecular flexibility index (Phi) is 8.48. The molecule has 2 aliphatic heterocycles. The van der Waals surface area contributed by atoms with Crippen molar-refractivity contribution in [2.45, 2.75) is 50.6 Å². The van der Waals surface area contributed by atoms with Crippen LogP contribution in [0, 0.1) is 5.92 Å². The standard InChI is InChI=1S/C15H25F2N3O.2ClH/c16-14(17)10-19-5-7-20(8-6-19)15(21)13-9-11-3-1-2-4-12(11)18-13;;/h11-14,18H,1-10H2;2*1H. The number of hydrogen-bond acceptors (Lipinski definition) is 3. The first kappa shape index (κ1) is 20.9. The van der Waals surface area contributed by atoms with Crippen molar-refractivity contribution < 1.29 is 13.6 Å². The van der Waals surface area contributed by atoms with Crippen molar-refractivity contribution in [2.75, 3.05) is 32.7 Å². The molecule has 3 rings (SSSR count). The lowest BCUT2D eigenvalue weighted by Gasteiger charge is -2.35. The minimum absolute atomic E-state index is 0. The zero-order valence-corrected chi connectivity index (χ0v) is 14.9. The molecule has 1 amide bonds. The van der Waals surface area contributed by atoms with Gasteiger partial charge < -0.3 is 10.2 Å². The average molecular weight is 374 g/mol. The molecule has 0 spiro atoms. The summed E-state index contributed by atoms with van der Waals surface area (Å²) < 4.78 is 24.7. The maximum absolute atomic E-state index is 12.6. The Balaban J connectivity index is 0.00000132. The lowest BCUT2D eigenvalue weighted by atomic mass is 9.85. The quantitative estimate of drug-likeness (QED) is 0.823. The van der Waals surface area contributed by atoms with Crippen molar-refractivity contribution >= 4 is 30.7 Å². The Morgan fingerprint density at radius 3 is 2.35 bits per heavy atom. The fourth-order valence-electron chi connectivity index (χ4n) is 4.08. The number of fused-ring (bicyclic) bond motifs is 1. The molecular formula is C15H27Cl2F2N3O. The summed E-state index contributed by atoms with van der Waals surface area (Å²) in [6, 6.07) is 0.479. The summed E-state index contributed by atoms with van der Waals surface area (Å²) >= 11 is 0. The molecular weight excluding hydrogens is 347 g/mol. The molecule has 0 radical (unpaired) electrons. The molecule has 23 heavy (non-hydrogen) atoms. The van der Waals surface area contributed by atoms with Gasteiger partial charge in [-0.1, -0.05) is 12.8 Å². The van der Waals surface area contributed by atoms with E-state index in [2.05, 4.69) is 5.32 Å². The number of alkyl halides is 2. The van der Waals surface area contributed by atoms with Gasteiger partial charge in [0.2, 0.25) is 5.91 Å². The van der Waals surface area contributed by atoms with E-state index in [1.165, 1.54) is 25.7 Å². The fraction of sp³-hybridized carbons (Fsp3) is 0.933. The van der Waals surface area contributed by atoms with E-state index < -0.39 is 6.43 Å². The number of rotatable bonds is 3. The molecule has 2 saturated heterocycles. The monoisotopic (exact) mass is 373 g/mol. The van der Waals surface area contributed by atoms with E-state index in [-0.39, 0.29) is 43.3 Å². The fourth-order valence-corrected chi connectivity index (χ4v) is 4.08. The lowest BCUT2D eigenvalue weighted by Crippen LogP contribution is -2.54. The number of nitrogens with one attached hydrogen (secondary N) is 1. The van der Waals surface area contributed by atoms with E-state index in [9.17, 15) is 13.6 Å². The summed E-state index contributed by atoms with van der Waals surface area (Å²) in [5.41, 5.74) is 0. The van der Waals surface area contributed by atoms with Gasteiger partial charge in [-0.3, -0.25) is 9.69 Å². The molecule has 3 aliphatic rings. The molecule has 1 saturated carbocycles. The highest BCUT2D eigenvalue weighted by Crippen LogP contribution is 2.33. The van der Waals surface area contributed by atoms with Gasteiger partial charge in [-0.05, 0) is 25.2 Å². The minimum Gasteiger partial charge on any atom is -0.339 e. The molecule has 1 aliphatic carbocycles. The van der Waals surface area contributed by atoms with Crippen molar-refractivity contribution in [1.29, 1.82) is 0 Å². The second-order valence-corrected chi connectivity index (χ2v) is 6.62. The van der Waals surface area contributed by atoms with Crippen molar-refractivity contribution in [2.24, 2.45) is 5.92 Å². The summed E-state index contributed by atoms with van der Waals surface area (Å²) in [4.78, 5) is 16.2. The maximum atomic E-state index is 12.6. The molecule has 3 unspecified atom stereocenters. The number of nitrogens with zero attached hydrogens (tertiary/aromatic N) is 2. The molecule has 8 heteroatoms. The van der Waals surface area contributed by atoms with Gasteiger partial charge in [0, 0.05) is 32.2 Å². The molecule has 0 aromatic rings. The number of carbonyl (C=O) groups is 1. The largest absolute Gasteiger partial charge is 0.339 e. The van der Waals surface area contributed by atoms with Gasteiger partial charge in [0.15, 0.2) is 0 Å². The van der Waals surface area contributed by atoms with Crippen LogP contribution in [0.5, 0.6) is 0 Å². The Bertz CT molecular complexity index is 368. The van der Waals surface area contributed by atoms with Gasteiger partial charge in [0.05, 0.1) is 12.6 Å². The SMILES string of the molecule is Cl.Cl.O=C(C1CC2CCCCC2N1)N1CCN(CC(F)F)CC1. The Morgan fingerprint density at radius 1 is 1.09 bits per heavy atom. The lowest BCUT2D eigenvalue weighted by molar-refractivity contribution is -0.135. The first-order valence-corrected chi connectivity index (χ1v) is 8.19. The van der Waals surface area contributed by atoms with Crippen molar-refractivity contribution in [1.82, 2.24) is 15.1 Å². The average Bonchev–Trinajstić information content (AvgIpc) is 2.90. The van der Waals surface area contributed by atoms with Crippen LogP contribution in [-0.2, 0) is 4.79 Å². The van der Waals surface area contributed by atoms with Crippen molar-refractivity contribution in [3.05, 3.63) is 0 Å². The van der Waals surface area contributed by atoms with Crippen LogP contribution in [0.4, 0.5) is 8.78 Å². The molecule has 136 valence electrons. The zero-order valence-electron chi connectivity index (χ0n) is 13.3. The van der Waals surface area contributed by atoms with Gasteiger partial charge in [0.1, 0.15) is 0 Å². The van der Waals surface area contributed by atoms with Gasteiger partial charge in [-0.15, -0.1) is 24.8 Å².